The largest absolute Gasteiger partial charge is 0.461 e. The fourth-order valence-electron chi connectivity index (χ4n) is 2.43. The van der Waals surface area contributed by atoms with E-state index in [0.29, 0.717) is 12.2 Å². The molecule has 0 radical (unpaired) electrons. The number of nitrogens with zero attached hydrogens (tertiary/aromatic N) is 2. The monoisotopic (exact) mass is 652 g/mol. The fourth-order valence-corrected chi connectivity index (χ4v) is 4.80. The SMILES string of the molecule is C=CCN1CCN(CCOC(=O)c2cc(I)cc(I)c2I)CC1. The van der Waals surface area contributed by atoms with Gasteiger partial charge in [0.1, 0.15) is 6.61 Å². The van der Waals surface area contributed by atoms with E-state index in [9.17, 15) is 4.79 Å². The van der Waals surface area contributed by atoms with Gasteiger partial charge in [-0.3, -0.25) is 9.80 Å². The Labute approximate surface area is 178 Å². The molecule has 7 heteroatoms. The third-order valence-corrected chi connectivity index (χ3v) is 7.37. The molecular formula is C16H19I3N2O2. The molecule has 0 saturated carbocycles. The molecule has 23 heavy (non-hydrogen) atoms. The van der Waals surface area contributed by atoms with Crippen LogP contribution in [0.1, 0.15) is 10.4 Å². The maximum absolute atomic E-state index is 12.3. The van der Waals surface area contributed by atoms with Gasteiger partial charge in [-0.25, -0.2) is 4.79 Å². The maximum Gasteiger partial charge on any atom is 0.339 e. The van der Waals surface area contributed by atoms with E-state index in [0.717, 1.165) is 50.0 Å². The van der Waals surface area contributed by atoms with E-state index in [1.807, 2.05) is 12.1 Å². The lowest BCUT2D eigenvalue weighted by Crippen LogP contribution is -2.47. The Bertz CT molecular complexity index is 573. The average molecular weight is 652 g/mol. The third kappa shape index (κ3) is 6.08. The van der Waals surface area contributed by atoms with Gasteiger partial charge in [0.05, 0.1) is 5.56 Å². The Morgan fingerprint density at radius 1 is 1.17 bits per heavy atom. The highest BCUT2D eigenvalue weighted by Crippen LogP contribution is 2.23. The number of hydrogen-bond acceptors (Lipinski definition) is 4. The number of carbonyl (C=O) groups excluding carboxylic acids is 1. The summed E-state index contributed by atoms with van der Waals surface area (Å²) in [7, 11) is 0. The fraction of sp³-hybridized carbons (Fsp3) is 0.438. The molecule has 4 nitrogen and oxygen atoms in total. The number of piperazine rings is 1. The van der Waals surface area contributed by atoms with Crippen molar-refractivity contribution in [1.29, 1.82) is 0 Å². The predicted molar refractivity (Wildman–Crippen MR) is 118 cm³/mol. The van der Waals surface area contributed by atoms with Gasteiger partial charge in [-0.1, -0.05) is 6.08 Å². The first-order valence-electron chi connectivity index (χ1n) is 7.38. The lowest BCUT2D eigenvalue weighted by Gasteiger charge is -2.33. The van der Waals surface area contributed by atoms with Crippen molar-refractivity contribution < 1.29 is 9.53 Å². The van der Waals surface area contributed by atoms with Gasteiger partial charge in [-0.15, -0.1) is 6.58 Å². The van der Waals surface area contributed by atoms with Crippen LogP contribution in [-0.2, 0) is 4.74 Å². The number of rotatable bonds is 6. The number of halogens is 3. The van der Waals surface area contributed by atoms with E-state index in [1.165, 1.54) is 0 Å². The first-order chi connectivity index (χ1) is 11.0. The van der Waals surface area contributed by atoms with Crippen molar-refractivity contribution in [3.8, 4) is 0 Å². The Kier molecular flexibility index (Phi) is 8.53. The summed E-state index contributed by atoms with van der Waals surface area (Å²) in [6.45, 7) is 10.1. The molecule has 0 atom stereocenters. The molecule has 0 spiro atoms. The van der Waals surface area contributed by atoms with Crippen molar-refractivity contribution in [2.75, 3.05) is 45.9 Å². The van der Waals surface area contributed by atoms with Gasteiger partial charge in [0.15, 0.2) is 0 Å². The van der Waals surface area contributed by atoms with Crippen molar-refractivity contribution in [1.82, 2.24) is 9.80 Å². The van der Waals surface area contributed by atoms with Crippen LogP contribution >= 0.6 is 67.8 Å². The molecule has 2 rings (SSSR count). The average Bonchev–Trinajstić information content (AvgIpc) is 2.52. The highest BCUT2D eigenvalue weighted by atomic mass is 127. The first-order valence-corrected chi connectivity index (χ1v) is 10.6. The van der Waals surface area contributed by atoms with Crippen LogP contribution in [0.15, 0.2) is 24.8 Å². The number of carbonyl (C=O) groups is 1. The van der Waals surface area contributed by atoms with Crippen molar-refractivity contribution in [2.24, 2.45) is 0 Å². The van der Waals surface area contributed by atoms with Crippen LogP contribution in [0, 0.1) is 10.7 Å². The molecule has 1 fully saturated rings. The minimum absolute atomic E-state index is 0.226. The molecule has 1 heterocycles. The van der Waals surface area contributed by atoms with Crippen LogP contribution in [0.4, 0.5) is 0 Å². The highest BCUT2D eigenvalue weighted by molar-refractivity contribution is 14.1. The van der Waals surface area contributed by atoms with Gasteiger partial charge in [0.25, 0.3) is 0 Å². The molecule has 0 aromatic heterocycles. The topological polar surface area (TPSA) is 32.8 Å². The Balaban J connectivity index is 1.79. The van der Waals surface area contributed by atoms with Crippen molar-refractivity contribution >= 4 is 73.7 Å². The second kappa shape index (κ2) is 9.88. The molecule has 0 amide bonds. The standard InChI is InChI=1S/C16H19I3N2O2/c1-2-3-20-4-6-21(7-5-20)8-9-23-16(22)13-10-12(17)11-14(18)15(13)19/h2,10-11H,1,3-9H2. The van der Waals surface area contributed by atoms with E-state index >= 15 is 0 Å². The van der Waals surface area contributed by atoms with Gasteiger partial charge >= 0.3 is 5.97 Å². The van der Waals surface area contributed by atoms with E-state index < -0.39 is 0 Å². The van der Waals surface area contributed by atoms with Gasteiger partial charge in [-0.05, 0) is 79.9 Å². The lowest BCUT2D eigenvalue weighted by molar-refractivity contribution is 0.0426. The minimum atomic E-state index is -0.226. The summed E-state index contributed by atoms with van der Waals surface area (Å²) in [5, 5.41) is 0. The highest BCUT2D eigenvalue weighted by Gasteiger charge is 2.18. The lowest BCUT2D eigenvalue weighted by atomic mass is 10.2. The molecular weight excluding hydrogens is 633 g/mol. The maximum atomic E-state index is 12.3. The summed E-state index contributed by atoms with van der Waals surface area (Å²) in [6, 6.07) is 3.95. The molecule has 1 aromatic rings. The van der Waals surface area contributed by atoms with Crippen molar-refractivity contribution in [2.45, 2.75) is 0 Å². The summed E-state index contributed by atoms with van der Waals surface area (Å²) in [6.07, 6.45) is 1.95. The molecule has 0 bridgehead atoms. The predicted octanol–water partition coefficient (Wildman–Crippen LogP) is 3.46. The van der Waals surface area contributed by atoms with E-state index in [2.05, 4.69) is 90.2 Å². The number of ether oxygens (including phenoxy) is 1. The van der Waals surface area contributed by atoms with Crippen LogP contribution in [0.5, 0.6) is 0 Å². The molecule has 0 aliphatic carbocycles. The smallest absolute Gasteiger partial charge is 0.339 e. The third-order valence-electron chi connectivity index (χ3n) is 3.71. The van der Waals surface area contributed by atoms with Gasteiger partial charge in [-0.2, -0.15) is 0 Å². The molecule has 0 unspecified atom stereocenters. The Morgan fingerprint density at radius 2 is 1.83 bits per heavy atom. The zero-order valence-corrected chi connectivity index (χ0v) is 19.2. The summed E-state index contributed by atoms with van der Waals surface area (Å²) < 4.78 is 8.58. The number of esters is 1. The molecule has 1 aliphatic heterocycles. The quantitative estimate of drug-likeness (QED) is 0.204. The molecule has 0 N–H and O–H groups in total. The minimum Gasteiger partial charge on any atom is -0.461 e. The van der Waals surface area contributed by atoms with E-state index in [-0.39, 0.29) is 5.97 Å². The summed E-state index contributed by atoms with van der Waals surface area (Å²) >= 11 is 6.68. The molecule has 1 aromatic carbocycles. The van der Waals surface area contributed by atoms with Crippen LogP contribution in [0.3, 0.4) is 0 Å². The second-order valence-electron chi connectivity index (χ2n) is 5.32. The number of benzene rings is 1. The molecule has 1 saturated heterocycles. The zero-order valence-electron chi connectivity index (χ0n) is 12.7. The summed E-state index contributed by atoms with van der Waals surface area (Å²) in [5.41, 5.74) is 0.665. The van der Waals surface area contributed by atoms with E-state index in [1.54, 1.807) is 0 Å². The second-order valence-corrected chi connectivity index (χ2v) is 8.80. The van der Waals surface area contributed by atoms with Gasteiger partial charge in [0, 0.05) is 50.0 Å². The van der Waals surface area contributed by atoms with Crippen LogP contribution in [-0.4, -0.2) is 61.6 Å². The van der Waals surface area contributed by atoms with Crippen LogP contribution < -0.4 is 0 Å². The summed E-state index contributed by atoms with van der Waals surface area (Å²) in [4.78, 5) is 17.0. The Hall–Kier alpha value is 0.540. The Morgan fingerprint density at radius 3 is 2.48 bits per heavy atom. The number of hydrogen-bond donors (Lipinski definition) is 0. The van der Waals surface area contributed by atoms with Gasteiger partial charge in [0.2, 0.25) is 0 Å². The van der Waals surface area contributed by atoms with Gasteiger partial charge < -0.3 is 4.74 Å². The molecule has 126 valence electrons. The van der Waals surface area contributed by atoms with Crippen molar-refractivity contribution in [3.63, 3.8) is 0 Å². The van der Waals surface area contributed by atoms with E-state index in [4.69, 9.17) is 4.74 Å². The summed E-state index contributed by atoms with van der Waals surface area (Å²) in [5.74, 6) is -0.226. The molecule has 1 aliphatic rings. The van der Waals surface area contributed by atoms with Crippen LogP contribution in [0.25, 0.3) is 0 Å². The first kappa shape index (κ1) is 19.9. The normalized spacial score (nSPS) is 16.3. The van der Waals surface area contributed by atoms with Crippen LogP contribution in [0.2, 0.25) is 0 Å². The van der Waals surface area contributed by atoms with Crippen molar-refractivity contribution in [3.05, 3.63) is 41.1 Å². The zero-order chi connectivity index (χ0) is 16.8.